The molecule has 158 valence electrons. The molecule has 1 fully saturated rings. The van der Waals surface area contributed by atoms with E-state index in [1.165, 1.54) is 0 Å². The minimum absolute atomic E-state index is 0.0411. The van der Waals surface area contributed by atoms with E-state index in [1.807, 2.05) is 36.6 Å². The van der Waals surface area contributed by atoms with Gasteiger partial charge in [-0.05, 0) is 41.4 Å². The molecule has 1 aliphatic heterocycles. The van der Waals surface area contributed by atoms with Crippen LogP contribution in [0.5, 0.6) is 0 Å². The van der Waals surface area contributed by atoms with Gasteiger partial charge in [0.1, 0.15) is 5.82 Å². The fourth-order valence-electron chi connectivity index (χ4n) is 3.06. The SMILES string of the molecule is CCNC(=NCc1ccsc1)NCCS(=O)(=O)N1CCN(c2ccccn2)CC1. The lowest BCUT2D eigenvalue weighted by Gasteiger charge is -2.34. The number of guanidine groups is 1. The molecule has 0 radical (unpaired) electrons. The molecule has 0 unspecified atom stereocenters. The van der Waals surface area contributed by atoms with E-state index < -0.39 is 10.0 Å². The zero-order chi connectivity index (χ0) is 20.5. The van der Waals surface area contributed by atoms with Gasteiger partial charge in [0.2, 0.25) is 10.0 Å². The van der Waals surface area contributed by atoms with E-state index in [0.717, 1.165) is 17.9 Å². The van der Waals surface area contributed by atoms with Gasteiger partial charge in [0.15, 0.2) is 5.96 Å². The van der Waals surface area contributed by atoms with Gasteiger partial charge in [0.05, 0.1) is 12.3 Å². The molecular formula is C19H28N6O2S2. The number of hydrogen-bond donors (Lipinski definition) is 2. The molecular weight excluding hydrogens is 408 g/mol. The summed E-state index contributed by atoms with van der Waals surface area (Å²) in [5.41, 5.74) is 1.14. The van der Waals surface area contributed by atoms with Crippen molar-refractivity contribution < 1.29 is 8.42 Å². The van der Waals surface area contributed by atoms with Gasteiger partial charge in [-0.15, -0.1) is 0 Å². The molecule has 0 aliphatic carbocycles. The van der Waals surface area contributed by atoms with Crippen LogP contribution in [0.1, 0.15) is 12.5 Å². The largest absolute Gasteiger partial charge is 0.357 e. The fraction of sp³-hybridized carbons (Fsp3) is 0.474. The third kappa shape index (κ3) is 6.41. The van der Waals surface area contributed by atoms with Crippen molar-refractivity contribution in [1.29, 1.82) is 0 Å². The fourth-order valence-corrected chi connectivity index (χ4v) is 5.06. The highest BCUT2D eigenvalue weighted by Gasteiger charge is 2.27. The Bertz CT molecular complexity index is 863. The first kappa shape index (κ1) is 21.5. The number of hydrogen-bond acceptors (Lipinski definition) is 6. The zero-order valence-corrected chi connectivity index (χ0v) is 18.3. The van der Waals surface area contributed by atoms with Crippen molar-refractivity contribution in [3.63, 3.8) is 0 Å². The molecule has 1 saturated heterocycles. The minimum atomic E-state index is -3.32. The van der Waals surface area contributed by atoms with E-state index in [1.54, 1.807) is 21.8 Å². The first-order valence-corrected chi connectivity index (χ1v) is 12.3. The van der Waals surface area contributed by atoms with Crippen molar-refractivity contribution in [3.05, 3.63) is 46.8 Å². The van der Waals surface area contributed by atoms with Crippen molar-refractivity contribution in [3.8, 4) is 0 Å². The van der Waals surface area contributed by atoms with E-state index in [9.17, 15) is 8.42 Å². The van der Waals surface area contributed by atoms with E-state index in [4.69, 9.17) is 0 Å². The van der Waals surface area contributed by atoms with E-state index in [2.05, 4.69) is 30.9 Å². The molecule has 0 saturated carbocycles. The molecule has 0 atom stereocenters. The number of aromatic nitrogens is 1. The van der Waals surface area contributed by atoms with Gasteiger partial charge in [-0.1, -0.05) is 6.07 Å². The Hall–Kier alpha value is -2.17. The van der Waals surface area contributed by atoms with Crippen LogP contribution in [0.4, 0.5) is 5.82 Å². The molecule has 3 heterocycles. The first-order valence-electron chi connectivity index (χ1n) is 9.75. The second-order valence-electron chi connectivity index (χ2n) is 6.64. The number of thiophene rings is 1. The van der Waals surface area contributed by atoms with E-state index in [0.29, 0.717) is 45.2 Å². The Kier molecular flexibility index (Phi) is 7.84. The maximum absolute atomic E-state index is 12.7. The number of nitrogens with zero attached hydrogens (tertiary/aromatic N) is 4. The lowest BCUT2D eigenvalue weighted by molar-refractivity contribution is 0.384. The summed E-state index contributed by atoms with van der Waals surface area (Å²) in [7, 11) is -3.32. The monoisotopic (exact) mass is 436 g/mol. The maximum Gasteiger partial charge on any atom is 0.215 e. The van der Waals surface area contributed by atoms with Gasteiger partial charge >= 0.3 is 0 Å². The molecule has 0 bridgehead atoms. The number of piperazine rings is 1. The van der Waals surface area contributed by atoms with Crippen LogP contribution in [-0.2, 0) is 16.6 Å². The standard InChI is InChI=1S/C19H28N6O2S2/c1-2-20-19(23-15-17-6-13-28-16-17)22-8-14-29(26,27)25-11-9-24(10-12-25)18-5-3-4-7-21-18/h3-7,13,16H,2,8-12,14-15H2,1H3,(H2,20,22,23). The smallest absolute Gasteiger partial charge is 0.215 e. The lowest BCUT2D eigenvalue weighted by Crippen LogP contribution is -2.50. The molecule has 10 heteroatoms. The number of sulfonamides is 1. The molecule has 2 N–H and O–H groups in total. The minimum Gasteiger partial charge on any atom is -0.357 e. The highest BCUT2D eigenvalue weighted by atomic mass is 32.2. The first-order chi connectivity index (χ1) is 14.1. The normalized spacial score (nSPS) is 16.0. The van der Waals surface area contributed by atoms with Crippen LogP contribution < -0.4 is 15.5 Å². The van der Waals surface area contributed by atoms with Crippen molar-refractivity contribution >= 4 is 33.1 Å². The summed E-state index contributed by atoms with van der Waals surface area (Å²) in [6.07, 6.45) is 1.76. The van der Waals surface area contributed by atoms with E-state index in [-0.39, 0.29) is 5.75 Å². The average Bonchev–Trinajstić information content (AvgIpc) is 3.26. The van der Waals surface area contributed by atoms with Crippen LogP contribution in [0.15, 0.2) is 46.2 Å². The van der Waals surface area contributed by atoms with Crippen LogP contribution in [0.25, 0.3) is 0 Å². The van der Waals surface area contributed by atoms with Crippen molar-refractivity contribution in [2.45, 2.75) is 13.5 Å². The molecule has 1 aliphatic rings. The molecule has 0 amide bonds. The van der Waals surface area contributed by atoms with Gasteiger partial charge in [0.25, 0.3) is 0 Å². The highest BCUT2D eigenvalue weighted by Crippen LogP contribution is 2.14. The zero-order valence-electron chi connectivity index (χ0n) is 16.6. The average molecular weight is 437 g/mol. The summed E-state index contributed by atoms with van der Waals surface area (Å²) in [4.78, 5) is 11.0. The van der Waals surface area contributed by atoms with Crippen molar-refractivity contribution in [2.75, 3.05) is 49.9 Å². The highest BCUT2D eigenvalue weighted by molar-refractivity contribution is 7.89. The third-order valence-electron chi connectivity index (χ3n) is 4.60. The molecule has 3 rings (SSSR count). The predicted octanol–water partition coefficient (Wildman–Crippen LogP) is 1.35. The summed E-state index contributed by atoms with van der Waals surface area (Å²) in [5.74, 6) is 1.57. The maximum atomic E-state index is 12.7. The van der Waals surface area contributed by atoms with Crippen LogP contribution in [0.2, 0.25) is 0 Å². The summed E-state index contributed by atoms with van der Waals surface area (Å²) < 4.78 is 27.0. The van der Waals surface area contributed by atoms with Crippen molar-refractivity contribution in [2.24, 2.45) is 4.99 Å². The summed E-state index contributed by atoms with van der Waals surface area (Å²) in [6, 6.07) is 7.81. The summed E-state index contributed by atoms with van der Waals surface area (Å²) >= 11 is 1.64. The Balaban J connectivity index is 1.47. The molecule has 0 aromatic carbocycles. The van der Waals surface area contributed by atoms with Gasteiger partial charge < -0.3 is 15.5 Å². The van der Waals surface area contributed by atoms with Crippen LogP contribution in [0, 0.1) is 0 Å². The lowest BCUT2D eigenvalue weighted by atomic mass is 10.3. The van der Waals surface area contributed by atoms with Crippen LogP contribution in [0.3, 0.4) is 0 Å². The predicted molar refractivity (Wildman–Crippen MR) is 119 cm³/mol. The number of rotatable bonds is 8. The quantitative estimate of drug-likeness (QED) is 0.480. The van der Waals surface area contributed by atoms with Crippen LogP contribution >= 0.6 is 11.3 Å². The molecule has 8 nitrogen and oxygen atoms in total. The van der Waals surface area contributed by atoms with Gasteiger partial charge in [-0.2, -0.15) is 15.6 Å². The Morgan fingerprint density at radius 1 is 1.21 bits per heavy atom. The second-order valence-corrected chi connectivity index (χ2v) is 9.51. The molecule has 0 spiro atoms. The van der Waals surface area contributed by atoms with Gasteiger partial charge in [-0.3, -0.25) is 0 Å². The van der Waals surface area contributed by atoms with Crippen LogP contribution in [-0.4, -0.2) is 68.7 Å². The Morgan fingerprint density at radius 3 is 2.69 bits per heavy atom. The van der Waals surface area contributed by atoms with Gasteiger partial charge in [-0.25, -0.2) is 18.4 Å². The third-order valence-corrected chi connectivity index (χ3v) is 7.21. The molecule has 2 aromatic rings. The van der Waals surface area contributed by atoms with E-state index >= 15 is 0 Å². The van der Waals surface area contributed by atoms with Crippen molar-refractivity contribution in [1.82, 2.24) is 19.9 Å². The number of anilines is 1. The Morgan fingerprint density at radius 2 is 2.03 bits per heavy atom. The molecule has 29 heavy (non-hydrogen) atoms. The molecule has 2 aromatic heterocycles. The number of aliphatic imine (C=N–C) groups is 1. The number of nitrogens with one attached hydrogen (secondary N) is 2. The van der Waals surface area contributed by atoms with Gasteiger partial charge in [0, 0.05) is 45.5 Å². The second kappa shape index (κ2) is 10.6. The summed E-state index contributed by atoms with van der Waals surface area (Å²) in [6.45, 7) is 5.84. The Labute approximate surface area is 176 Å². The number of pyridine rings is 1. The topological polar surface area (TPSA) is 89.9 Å². The summed E-state index contributed by atoms with van der Waals surface area (Å²) in [5, 5.41) is 10.4.